The minimum Gasteiger partial charge on any atom is -0.440 e. The lowest BCUT2D eigenvalue weighted by molar-refractivity contribution is -0.133. The molecule has 5 nitrogen and oxygen atoms in total. The molecule has 1 fully saturated rings. The largest absolute Gasteiger partial charge is 0.440 e. The van der Waals surface area contributed by atoms with E-state index in [0.717, 1.165) is 56.0 Å². The van der Waals surface area contributed by atoms with Gasteiger partial charge in [-0.25, -0.2) is 4.98 Å². The number of amides is 1. The van der Waals surface area contributed by atoms with Crippen molar-refractivity contribution in [2.45, 2.75) is 46.5 Å². The van der Waals surface area contributed by atoms with Crippen LogP contribution in [-0.4, -0.2) is 53.4 Å². The molecule has 148 valence electrons. The standard InChI is InChI=1S/C22H33N3O2/c1-16(2)12-25(13-17(3)4)21(26)15-24-11-7-8-18(14-24)22-23-19-9-5-6-10-20(19)27-22/h5-6,9-10,16-18H,7-8,11-15H2,1-4H3. The molecule has 0 N–H and O–H groups in total. The Balaban J connectivity index is 1.63. The Morgan fingerprint density at radius 1 is 1.22 bits per heavy atom. The van der Waals surface area contributed by atoms with Crippen molar-refractivity contribution in [3.8, 4) is 0 Å². The Bertz CT molecular complexity index is 710. The van der Waals surface area contributed by atoms with Gasteiger partial charge >= 0.3 is 0 Å². The van der Waals surface area contributed by atoms with E-state index in [-0.39, 0.29) is 11.8 Å². The van der Waals surface area contributed by atoms with Gasteiger partial charge in [0.15, 0.2) is 11.5 Å². The second-order valence-corrected chi connectivity index (χ2v) is 8.68. The van der Waals surface area contributed by atoms with E-state index in [2.05, 4.69) is 37.6 Å². The van der Waals surface area contributed by atoms with Crippen LogP contribution in [0.25, 0.3) is 11.1 Å². The highest BCUT2D eigenvalue weighted by Gasteiger charge is 2.28. The number of rotatable bonds is 7. The molecule has 0 radical (unpaired) electrons. The van der Waals surface area contributed by atoms with Gasteiger partial charge in [-0.15, -0.1) is 0 Å². The molecule has 1 unspecified atom stereocenters. The number of hydrogen-bond donors (Lipinski definition) is 0. The number of benzene rings is 1. The molecule has 1 aromatic carbocycles. The summed E-state index contributed by atoms with van der Waals surface area (Å²) < 4.78 is 5.98. The molecule has 1 atom stereocenters. The monoisotopic (exact) mass is 371 g/mol. The van der Waals surface area contributed by atoms with Crippen molar-refractivity contribution in [3.05, 3.63) is 30.2 Å². The van der Waals surface area contributed by atoms with Gasteiger partial charge in [0.25, 0.3) is 0 Å². The van der Waals surface area contributed by atoms with Crippen molar-refractivity contribution >= 4 is 17.0 Å². The minimum absolute atomic E-state index is 0.246. The summed E-state index contributed by atoms with van der Waals surface area (Å²) in [6.07, 6.45) is 2.14. The molecule has 1 aromatic heterocycles. The number of fused-ring (bicyclic) bond motifs is 1. The zero-order chi connectivity index (χ0) is 19.4. The molecule has 2 aromatic rings. The summed E-state index contributed by atoms with van der Waals surface area (Å²) in [5, 5.41) is 0. The Kier molecular flexibility index (Phi) is 6.53. The third-order valence-electron chi connectivity index (χ3n) is 5.05. The topological polar surface area (TPSA) is 49.6 Å². The molecule has 2 heterocycles. The van der Waals surface area contributed by atoms with Crippen LogP contribution in [0.3, 0.4) is 0 Å². The molecular weight excluding hydrogens is 338 g/mol. The quantitative estimate of drug-likeness (QED) is 0.734. The molecule has 0 bridgehead atoms. The van der Waals surface area contributed by atoms with E-state index in [1.165, 1.54) is 0 Å². The van der Waals surface area contributed by atoms with E-state index in [1.54, 1.807) is 0 Å². The lowest BCUT2D eigenvalue weighted by Crippen LogP contribution is -2.46. The summed E-state index contributed by atoms with van der Waals surface area (Å²) in [5.41, 5.74) is 1.77. The van der Waals surface area contributed by atoms with Crippen LogP contribution in [0.4, 0.5) is 0 Å². The summed E-state index contributed by atoms with van der Waals surface area (Å²) in [5.74, 6) is 2.30. The SMILES string of the molecule is CC(C)CN(CC(C)C)C(=O)CN1CCCC(c2nc3ccccc3o2)C1. The number of hydrogen-bond acceptors (Lipinski definition) is 4. The molecule has 5 heteroatoms. The fraction of sp³-hybridized carbons (Fsp3) is 0.636. The summed E-state index contributed by atoms with van der Waals surface area (Å²) >= 11 is 0. The molecule has 0 aliphatic carbocycles. The van der Waals surface area contributed by atoms with E-state index < -0.39 is 0 Å². The molecular formula is C22H33N3O2. The second kappa shape index (κ2) is 8.87. The summed E-state index contributed by atoms with van der Waals surface area (Å²) in [7, 11) is 0. The zero-order valence-corrected chi connectivity index (χ0v) is 17.1. The Hall–Kier alpha value is -1.88. The average molecular weight is 372 g/mol. The first-order valence-electron chi connectivity index (χ1n) is 10.3. The van der Waals surface area contributed by atoms with Crippen LogP contribution in [0.15, 0.2) is 28.7 Å². The molecule has 1 amide bonds. The summed E-state index contributed by atoms with van der Waals surface area (Å²) in [4.78, 5) is 21.9. The lowest BCUT2D eigenvalue weighted by Gasteiger charge is -2.33. The van der Waals surface area contributed by atoms with Gasteiger partial charge in [0.1, 0.15) is 5.52 Å². The van der Waals surface area contributed by atoms with Gasteiger partial charge in [0.05, 0.1) is 6.54 Å². The van der Waals surface area contributed by atoms with Crippen molar-refractivity contribution in [1.82, 2.24) is 14.8 Å². The highest BCUT2D eigenvalue weighted by molar-refractivity contribution is 5.78. The van der Waals surface area contributed by atoms with Crippen LogP contribution in [0.1, 0.15) is 52.3 Å². The first kappa shape index (κ1) is 19.9. The number of carbonyl (C=O) groups is 1. The second-order valence-electron chi connectivity index (χ2n) is 8.68. The van der Waals surface area contributed by atoms with Gasteiger partial charge in [-0.05, 0) is 43.4 Å². The van der Waals surface area contributed by atoms with Gasteiger partial charge in [-0.1, -0.05) is 39.8 Å². The predicted octanol–water partition coefficient (Wildman–Crippen LogP) is 4.15. The number of para-hydroxylation sites is 2. The summed E-state index contributed by atoms with van der Waals surface area (Å²) in [6, 6.07) is 7.91. The molecule has 1 saturated heterocycles. The Labute approximate surface area is 162 Å². The van der Waals surface area contributed by atoms with E-state index in [9.17, 15) is 4.79 Å². The fourth-order valence-corrected chi connectivity index (χ4v) is 3.92. The van der Waals surface area contributed by atoms with E-state index in [4.69, 9.17) is 4.42 Å². The summed E-state index contributed by atoms with van der Waals surface area (Å²) in [6.45, 7) is 12.7. The molecule has 3 rings (SSSR count). The number of carbonyl (C=O) groups excluding carboxylic acids is 1. The maximum Gasteiger partial charge on any atom is 0.236 e. The zero-order valence-electron chi connectivity index (χ0n) is 17.1. The van der Waals surface area contributed by atoms with E-state index >= 15 is 0 Å². The number of likely N-dealkylation sites (tertiary alicyclic amines) is 1. The minimum atomic E-state index is 0.246. The van der Waals surface area contributed by atoms with E-state index in [0.29, 0.717) is 18.4 Å². The van der Waals surface area contributed by atoms with Crippen LogP contribution in [-0.2, 0) is 4.79 Å². The maximum absolute atomic E-state index is 12.9. The van der Waals surface area contributed by atoms with Gasteiger partial charge < -0.3 is 9.32 Å². The van der Waals surface area contributed by atoms with Crippen LogP contribution in [0, 0.1) is 11.8 Å². The normalized spacial score (nSPS) is 18.5. The number of aromatic nitrogens is 1. The Morgan fingerprint density at radius 2 is 1.93 bits per heavy atom. The van der Waals surface area contributed by atoms with Crippen molar-refractivity contribution < 1.29 is 9.21 Å². The van der Waals surface area contributed by atoms with Crippen LogP contribution in [0.2, 0.25) is 0 Å². The molecule has 0 saturated carbocycles. The average Bonchev–Trinajstić information content (AvgIpc) is 3.05. The fourth-order valence-electron chi connectivity index (χ4n) is 3.92. The van der Waals surface area contributed by atoms with E-state index in [1.807, 2.05) is 29.2 Å². The predicted molar refractivity (Wildman–Crippen MR) is 109 cm³/mol. The van der Waals surface area contributed by atoms with Gasteiger partial charge in [-0.3, -0.25) is 9.69 Å². The van der Waals surface area contributed by atoms with Crippen LogP contribution >= 0.6 is 0 Å². The highest BCUT2D eigenvalue weighted by atomic mass is 16.3. The smallest absolute Gasteiger partial charge is 0.236 e. The first-order chi connectivity index (χ1) is 12.9. The van der Waals surface area contributed by atoms with Gasteiger partial charge in [0.2, 0.25) is 5.91 Å². The molecule has 0 spiro atoms. The number of oxazole rings is 1. The van der Waals surface area contributed by atoms with Gasteiger partial charge in [0, 0.05) is 25.6 Å². The molecule has 1 aliphatic heterocycles. The van der Waals surface area contributed by atoms with Gasteiger partial charge in [-0.2, -0.15) is 0 Å². The first-order valence-corrected chi connectivity index (χ1v) is 10.3. The van der Waals surface area contributed by atoms with Crippen molar-refractivity contribution in [2.75, 3.05) is 32.7 Å². The van der Waals surface area contributed by atoms with Crippen molar-refractivity contribution in [3.63, 3.8) is 0 Å². The maximum atomic E-state index is 12.9. The third-order valence-corrected chi connectivity index (χ3v) is 5.05. The number of piperidine rings is 1. The Morgan fingerprint density at radius 3 is 2.59 bits per heavy atom. The molecule has 1 aliphatic rings. The van der Waals surface area contributed by atoms with Crippen LogP contribution in [0.5, 0.6) is 0 Å². The lowest BCUT2D eigenvalue weighted by atomic mass is 9.98. The third kappa shape index (κ3) is 5.32. The van der Waals surface area contributed by atoms with Crippen molar-refractivity contribution in [1.29, 1.82) is 0 Å². The highest BCUT2D eigenvalue weighted by Crippen LogP contribution is 2.29. The van der Waals surface area contributed by atoms with Crippen LogP contribution < -0.4 is 0 Å². The number of nitrogens with zero attached hydrogens (tertiary/aromatic N) is 3. The molecule has 27 heavy (non-hydrogen) atoms. The van der Waals surface area contributed by atoms with Crippen molar-refractivity contribution in [2.24, 2.45) is 11.8 Å².